The first-order chi connectivity index (χ1) is 11.9. The van der Waals surface area contributed by atoms with E-state index in [4.69, 9.17) is 0 Å². The summed E-state index contributed by atoms with van der Waals surface area (Å²) in [5.74, 6) is -0.278. The summed E-state index contributed by atoms with van der Waals surface area (Å²) < 4.78 is 0. The van der Waals surface area contributed by atoms with Crippen LogP contribution >= 0.6 is 0 Å². The normalized spacial score (nSPS) is 10.7. The van der Waals surface area contributed by atoms with Crippen LogP contribution in [0.15, 0.2) is 42.5 Å². The quantitative estimate of drug-likeness (QED) is 0.617. The minimum Gasteiger partial charge on any atom is -0.319 e. The predicted octanol–water partition coefficient (Wildman–Crippen LogP) is 3.54. The Morgan fingerprint density at radius 3 is 2.40 bits per heavy atom. The molecule has 25 heavy (non-hydrogen) atoms. The van der Waals surface area contributed by atoms with Crippen molar-refractivity contribution in [2.75, 3.05) is 18.9 Å². The van der Waals surface area contributed by atoms with E-state index in [1.165, 1.54) is 11.6 Å². The van der Waals surface area contributed by atoms with E-state index in [0.717, 1.165) is 17.5 Å². The molecule has 0 bridgehead atoms. The highest BCUT2D eigenvalue weighted by Gasteiger charge is 2.16. The molecule has 0 fully saturated rings. The van der Waals surface area contributed by atoms with Crippen molar-refractivity contribution in [3.8, 4) is 0 Å². The number of benzene rings is 2. The van der Waals surface area contributed by atoms with Crippen LogP contribution in [0.25, 0.3) is 0 Å². The lowest BCUT2D eigenvalue weighted by Gasteiger charge is -2.16. The van der Waals surface area contributed by atoms with Crippen molar-refractivity contribution in [3.05, 3.63) is 69.3 Å². The Bertz CT molecular complexity index is 757. The molecule has 2 aromatic rings. The van der Waals surface area contributed by atoms with Gasteiger partial charge in [-0.15, -0.1) is 0 Å². The SMILES string of the molecule is CCc1ccc(CN(C)CC(=O)Nc2ccc(C)cc2[N+](=O)[O-])cc1. The molecule has 1 amide bonds. The van der Waals surface area contributed by atoms with Crippen LogP contribution in [0.3, 0.4) is 0 Å². The van der Waals surface area contributed by atoms with Gasteiger partial charge in [0.25, 0.3) is 5.69 Å². The molecule has 0 aliphatic carbocycles. The maximum atomic E-state index is 12.2. The molecular formula is C19H23N3O3. The average molecular weight is 341 g/mol. The highest BCUT2D eigenvalue weighted by atomic mass is 16.6. The van der Waals surface area contributed by atoms with Crippen LogP contribution in [-0.2, 0) is 17.8 Å². The number of rotatable bonds is 7. The number of carbonyl (C=O) groups is 1. The van der Waals surface area contributed by atoms with Crippen LogP contribution < -0.4 is 5.32 Å². The molecule has 6 heteroatoms. The molecule has 0 radical (unpaired) electrons. The van der Waals surface area contributed by atoms with Crippen molar-refractivity contribution < 1.29 is 9.72 Å². The van der Waals surface area contributed by atoms with Gasteiger partial charge in [0.1, 0.15) is 5.69 Å². The van der Waals surface area contributed by atoms with E-state index < -0.39 is 4.92 Å². The number of nitrogens with one attached hydrogen (secondary N) is 1. The van der Waals surface area contributed by atoms with E-state index in [1.807, 2.05) is 11.9 Å². The Morgan fingerprint density at radius 1 is 1.16 bits per heavy atom. The molecule has 2 aromatic carbocycles. The second-order valence-electron chi connectivity index (χ2n) is 6.17. The second kappa shape index (κ2) is 8.39. The topological polar surface area (TPSA) is 75.5 Å². The van der Waals surface area contributed by atoms with E-state index >= 15 is 0 Å². The number of hydrogen-bond acceptors (Lipinski definition) is 4. The predicted molar refractivity (Wildman–Crippen MR) is 98.6 cm³/mol. The first-order valence-corrected chi connectivity index (χ1v) is 8.20. The molecule has 2 rings (SSSR count). The first kappa shape index (κ1) is 18.6. The van der Waals surface area contributed by atoms with Crippen molar-refractivity contribution in [1.82, 2.24) is 4.90 Å². The van der Waals surface area contributed by atoms with Gasteiger partial charge in [-0.05, 0) is 43.1 Å². The lowest BCUT2D eigenvalue weighted by Crippen LogP contribution is -2.30. The van der Waals surface area contributed by atoms with Gasteiger partial charge in [-0.1, -0.05) is 37.3 Å². The fraction of sp³-hybridized carbons (Fsp3) is 0.316. The molecule has 6 nitrogen and oxygen atoms in total. The molecular weight excluding hydrogens is 318 g/mol. The van der Waals surface area contributed by atoms with Crippen LogP contribution in [0.5, 0.6) is 0 Å². The summed E-state index contributed by atoms with van der Waals surface area (Å²) in [6.07, 6.45) is 0.994. The standard InChI is InChI=1S/C19H23N3O3/c1-4-15-6-8-16(9-7-15)12-21(3)13-19(23)20-17-10-5-14(2)11-18(17)22(24)25/h5-11H,4,12-13H2,1-3H3,(H,20,23). The zero-order chi connectivity index (χ0) is 18.4. The summed E-state index contributed by atoms with van der Waals surface area (Å²) in [7, 11) is 1.84. The van der Waals surface area contributed by atoms with Gasteiger partial charge in [0.05, 0.1) is 11.5 Å². The number of nitro benzene ring substituents is 1. The number of carbonyl (C=O) groups excluding carboxylic acids is 1. The Labute approximate surface area is 147 Å². The molecule has 0 aromatic heterocycles. The summed E-state index contributed by atoms with van der Waals surface area (Å²) >= 11 is 0. The smallest absolute Gasteiger partial charge is 0.293 e. The number of anilines is 1. The zero-order valence-electron chi connectivity index (χ0n) is 14.8. The van der Waals surface area contributed by atoms with Crippen molar-refractivity contribution in [2.45, 2.75) is 26.8 Å². The summed E-state index contributed by atoms with van der Waals surface area (Å²) in [6, 6.07) is 13.0. The molecule has 0 heterocycles. The van der Waals surface area contributed by atoms with Crippen LogP contribution in [0.1, 0.15) is 23.6 Å². The lowest BCUT2D eigenvalue weighted by atomic mass is 10.1. The molecule has 0 unspecified atom stereocenters. The minimum atomic E-state index is -0.485. The maximum Gasteiger partial charge on any atom is 0.293 e. The summed E-state index contributed by atoms with van der Waals surface area (Å²) in [4.78, 5) is 24.7. The first-order valence-electron chi connectivity index (χ1n) is 8.20. The molecule has 1 N–H and O–H groups in total. The molecule has 0 aliphatic heterocycles. The van der Waals surface area contributed by atoms with Gasteiger partial charge in [0, 0.05) is 12.6 Å². The van der Waals surface area contributed by atoms with Crippen LogP contribution in [0, 0.1) is 17.0 Å². The number of amides is 1. The van der Waals surface area contributed by atoms with Gasteiger partial charge in [0.2, 0.25) is 5.91 Å². The van der Waals surface area contributed by atoms with Gasteiger partial charge in [-0.3, -0.25) is 19.8 Å². The van der Waals surface area contributed by atoms with E-state index in [-0.39, 0.29) is 23.8 Å². The van der Waals surface area contributed by atoms with Gasteiger partial charge >= 0.3 is 0 Å². The molecule has 0 spiro atoms. The number of hydrogen-bond donors (Lipinski definition) is 1. The van der Waals surface area contributed by atoms with Crippen molar-refractivity contribution >= 4 is 17.3 Å². The Balaban J connectivity index is 1.96. The molecule has 0 aliphatic rings. The third-order valence-corrected chi connectivity index (χ3v) is 3.92. The van der Waals surface area contributed by atoms with E-state index in [2.05, 4.69) is 36.5 Å². The fourth-order valence-electron chi connectivity index (χ4n) is 2.58. The van der Waals surface area contributed by atoms with Crippen LogP contribution in [0.4, 0.5) is 11.4 Å². The summed E-state index contributed by atoms with van der Waals surface area (Å²) in [6.45, 7) is 4.67. The van der Waals surface area contributed by atoms with Gasteiger partial charge < -0.3 is 5.32 Å². The zero-order valence-corrected chi connectivity index (χ0v) is 14.8. The average Bonchev–Trinajstić information content (AvgIpc) is 2.56. The fourth-order valence-corrected chi connectivity index (χ4v) is 2.58. The second-order valence-corrected chi connectivity index (χ2v) is 6.17. The van der Waals surface area contributed by atoms with Gasteiger partial charge in [0.15, 0.2) is 0 Å². The highest BCUT2D eigenvalue weighted by Crippen LogP contribution is 2.25. The number of aryl methyl sites for hydroxylation is 2. The van der Waals surface area contributed by atoms with E-state index in [0.29, 0.717) is 6.54 Å². The number of nitro groups is 1. The Hall–Kier alpha value is -2.73. The third-order valence-electron chi connectivity index (χ3n) is 3.92. The molecule has 0 saturated carbocycles. The van der Waals surface area contributed by atoms with Crippen molar-refractivity contribution in [3.63, 3.8) is 0 Å². The van der Waals surface area contributed by atoms with Gasteiger partial charge in [-0.25, -0.2) is 0 Å². The van der Waals surface area contributed by atoms with Gasteiger partial charge in [-0.2, -0.15) is 0 Å². The van der Waals surface area contributed by atoms with Crippen molar-refractivity contribution in [2.24, 2.45) is 0 Å². The summed E-state index contributed by atoms with van der Waals surface area (Å²) in [5.41, 5.74) is 3.30. The van der Waals surface area contributed by atoms with E-state index in [9.17, 15) is 14.9 Å². The maximum absolute atomic E-state index is 12.2. The van der Waals surface area contributed by atoms with Crippen LogP contribution in [0.2, 0.25) is 0 Å². The van der Waals surface area contributed by atoms with Crippen molar-refractivity contribution in [1.29, 1.82) is 0 Å². The molecule has 0 saturated heterocycles. The Morgan fingerprint density at radius 2 is 1.80 bits per heavy atom. The highest BCUT2D eigenvalue weighted by molar-refractivity contribution is 5.94. The number of nitrogens with zero attached hydrogens (tertiary/aromatic N) is 2. The molecule has 0 atom stereocenters. The van der Waals surface area contributed by atoms with Crippen LogP contribution in [-0.4, -0.2) is 29.3 Å². The lowest BCUT2D eigenvalue weighted by molar-refractivity contribution is -0.384. The minimum absolute atomic E-state index is 0.0915. The third kappa shape index (κ3) is 5.39. The largest absolute Gasteiger partial charge is 0.319 e. The molecule has 132 valence electrons. The number of likely N-dealkylation sites (N-methyl/N-ethyl adjacent to an activating group) is 1. The monoisotopic (exact) mass is 341 g/mol. The van der Waals surface area contributed by atoms with E-state index in [1.54, 1.807) is 19.1 Å². The Kier molecular flexibility index (Phi) is 6.25. The summed E-state index contributed by atoms with van der Waals surface area (Å²) in [5, 5.41) is 13.7.